The number of rotatable bonds is 10. The van der Waals surface area contributed by atoms with E-state index in [9.17, 15) is 9.59 Å². The Morgan fingerprint density at radius 2 is 1.52 bits per heavy atom. The lowest BCUT2D eigenvalue weighted by atomic mass is 10.1. The fourth-order valence-electron chi connectivity index (χ4n) is 2.97. The van der Waals surface area contributed by atoms with Gasteiger partial charge in [-0.25, -0.2) is 0 Å². The average Bonchev–Trinajstić information content (AvgIpc) is 2.70. The van der Waals surface area contributed by atoms with Crippen molar-refractivity contribution in [2.75, 3.05) is 6.54 Å². The van der Waals surface area contributed by atoms with Gasteiger partial charge in [-0.05, 0) is 24.5 Å². The van der Waals surface area contributed by atoms with E-state index in [0.717, 1.165) is 30.4 Å². The first-order valence-electron chi connectivity index (χ1n) is 9.76. The third kappa shape index (κ3) is 6.89. The Morgan fingerprint density at radius 3 is 2.11 bits per heavy atom. The van der Waals surface area contributed by atoms with E-state index in [1.54, 1.807) is 11.8 Å². The van der Waals surface area contributed by atoms with E-state index in [4.69, 9.17) is 0 Å². The second-order valence-corrected chi connectivity index (χ2v) is 6.84. The minimum Gasteiger partial charge on any atom is -0.354 e. The first-order chi connectivity index (χ1) is 13.1. The molecule has 0 unspecified atom stereocenters. The molecule has 4 heteroatoms. The van der Waals surface area contributed by atoms with Gasteiger partial charge in [0.05, 0.1) is 6.42 Å². The Morgan fingerprint density at radius 1 is 0.926 bits per heavy atom. The molecule has 0 aliphatic rings. The highest BCUT2D eigenvalue weighted by Crippen LogP contribution is 2.12. The fourth-order valence-corrected chi connectivity index (χ4v) is 2.97. The molecule has 144 valence electrons. The van der Waals surface area contributed by atoms with Crippen molar-refractivity contribution in [2.45, 2.75) is 52.1 Å². The molecule has 0 spiro atoms. The lowest BCUT2D eigenvalue weighted by Crippen LogP contribution is -2.48. The predicted octanol–water partition coefficient (Wildman–Crippen LogP) is 3.95. The molecule has 1 atom stereocenters. The minimum absolute atomic E-state index is 0.0405. The van der Waals surface area contributed by atoms with E-state index in [2.05, 4.69) is 12.2 Å². The van der Waals surface area contributed by atoms with E-state index < -0.39 is 6.04 Å². The van der Waals surface area contributed by atoms with Gasteiger partial charge in [-0.3, -0.25) is 9.59 Å². The minimum atomic E-state index is -0.511. The van der Waals surface area contributed by atoms with Gasteiger partial charge >= 0.3 is 0 Å². The summed E-state index contributed by atoms with van der Waals surface area (Å²) >= 11 is 0. The molecular formula is C23H30N2O2. The van der Waals surface area contributed by atoms with Gasteiger partial charge in [0.2, 0.25) is 11.8 Å². The average molecular weight is 367 g/mol. The van der Waals surface area contributed by atoms with Gasteiger partial charge in [0.1, 0.15) is 6.04 Å². The Kier molecular flexibility index (Phi) is 8.56. The van der Waals surface area contributed by atoms with Crippen LogP contribution in [-0.2, 0) is 22.6 Å². The van der Waals surface area contributed by atoms with Crippen LogP contribution in [0.25, 0.3) is 0 Å². The molecule has 27 heavy (non-hydrogen) atoms. The summed E-state index contributed by atoms with van der Waals surface area (Å²) in [4.78, 5) is 27.3. The lowest BCUT2D eigenvalue weighted by Gasteiger charge is -2.29. The number of hydrogen-bond donors (Lipinski definition) is 1. The molecule has 0 aliphatic heterocycles. The summed E-state index contributed by atoms with van der Waals surface area (Å²) in [6, 6.07) is 19.0. The first-order valence-corrected chi connectivity index (χ1v) is 9.76. The Bertz CT molecular complexity index is 701. The van der Waals surface area contributed by atoms with Gasteiger partial charge in [-0.1, -0.05) is 80.4 Å². The van der Waals surface area contributed by atoms with E-state index >= 15 is 0 Å². The number of nitrogens with zero attached hydrogens (tertiary/aromatic N) is 1. The molecule has 0 aliphatic carbocycles. The zero-order valence-electron chi connectivity index (χ0n) is 16.4. The molecule has 2 rings (SSSR count). The van der Waals surface area contributed by atoms with Gasteiger partial charge in [0, 0.05) is 13.1 Å². The second kappa shape index (κ2) is 11.2. The number of carbonyl (C=O) groups excluding carboxylic acids is 2. The first kappa shape index (κ1) is 20.7. The Hall–Kier alpha value is -2.62. The molecule has 0 saturated carbocycles. The second-order valence-electron chi connectivity index (χ2n) is 6.84. The summed E-state index contributed by atoms with van der Waals surface area (Å²) in [6.07, 6.45) is 3.46. The summed E-state index contributed by atoms with van der Waals surface area (Å²) < 4.78 is 0. The van der Waals surface area contributed by atoms with Crippen LogP contribution < -0.4 is 5.32 Å². The molecule has 0 bridgehead atoms. The Balaban J connectivity index is 2.08. The molecule has 4 nitrogen and oxygen atoms in total. The molecule has 0 heterocycles. The summed E-state index contributed by atoms with van der Waals surface area (Å²) in [6.45, 7) is 5.02. The van der Waals surface area contributed by atoms with E-state index in [-0.39, 0.29) is 11.8 Å². The SMILES string of the molecule is CCCCCNC(=O)[C@@H](C)N(Cc1ccccc1)C(=O)Cc1ccccc1. The van der Waals surface area contributed by atoms with Gasteiger partial charge in [-0.15, -0.1) is 0 Å². The molecular weight excluding hydrogens is 336 g/mol. The molecule has 2 aromatic rings. The zero-order chi connectivity index (χ0) is 19.5. The highest BCUT2D eigenvalue weighted by atomic mass is 16.2. The van der Waals surface area contributed by atoms with Crippen LogP contribution in [0.3, 0.4) is 0 Å². The van der Waals surface area contributed by atoms with Crippen molar-refractivity contribution in [3.8, 4) is 0 Å². The van der Waals surface area contributed by atoms with Crippen molar-refractivity contribution < 1.29 is 9.59 Å². The predicted molar refractivity (Wildman–Crippen MR) is 109 cm³/mol. The molecule has 0 radical (unpaired) electrons. The topological polar surface area (TPSA) is 49.4 Å². The van der Waals surface area contributed by atoms with Crippen LogP contribution in [0.5, 0.6) is 0 Å². The maximum Gasteiger partial charge on any atom is 0.242 e. The maximum absolute atomic E-state index is 13.0. The third-order valence-corrected chi connectivity index (χ3v) is 4.64. The molecule has 2 amide bonds. The quantitative estimate of drug-likeness (QED) is 0.647. The van der Waals surface area contributed by atoms with Gasteiger partial charge < -0.3 is 10.2 Å². The van der Waals surface area contributed by atoms with Crippen molar-refractivity contribution in [3.05, 3.63) is 71.8 Å². The molecule has 1 N–H and O–H groups in total. The Labute approximate surface area is 162 Å². The van der Waals surface area contributed by atoms with Gasteiger partial charge in [0.15, 0.2) is 0 Å². The molecule has 0 saturated heterocycles. The number of hydrogen-bond acceptors (Lipinski definition) is 2. The standard InChI is InChI=1S/C23H30N2O2/c1-3-4-11-16-24-23(27)19(2)25(18-21-14-9-6-10-15-21)22(26)17-20-12-7-5-8-13-20/h5-10,12-15,19H,3-4,11,16-18H2,1-2H3,(H,24,27)/t19-/m1/s1. The highest BCUT2D eigenvalue weighted by Gasteiger charge is 2.25. The van der Waals surface area contributed by atoms with Gasteiger partial charge in [0.25, 0.3) is 0 Å². The van der Waals surface area contributed by atoms with Crippen molar-refractivity contribution in [3.63, 3.8) is 0 Å². The lowest BCUT2D eigenvalue weighted by molar-refractivity contribution is -0.140. The van der Waals surface area contributed by atoms with Gasteiger partial charge in [-0.2, -0.15) is 0 Å². The van der Waals surface area contributed by atoms with E-state index in [1.165, 1.54) is 0 Å². The van der Waals surface area contributed by atoms with Crippen LogP contribution >= 0.6 is 0 Å². The van der Waals surface area contributed by atoms with Crippen LogP contribution in [0.1, 0.15) is 44.2 Å². The van der Waals surface area contributed by atoms with Crippen LogP contribution in [0.2, 0.25) is 0 Å². The van der Waals surface area contributed by atoms with E-state index in [0.29, 0.717) is 19.5 Å². The van der Waals surface area contributed by atoms with Crippen LogP contribution in [0.15, 0.2) is 60.7 Å². The summed E-state index contributed by atoms with van der Waals surface area (Å²) in [7, 11) is 0. The number of benzene rings is 2. The van der Waals surface area contributed by atoms with Crippen LogP contribution in [0, 0.1) is 0 Å². The van der Waals surface area contributed by atoms with Crippen molar-refractivity contribution in [2.24, 2.45) is 0 Å². The van der Waals surface area contributed by atoms with Crippen LogP contribution in [-0.4, -0.2) is 29.3 Å². The highest BCUT2D eigenvalue weighted by molar-refractivity contribution is 5.88. The maximum atomic E-state index is 13.0. The summed E-state index contributed by atoms with van der Waals surface area (Å²) in [5, 5.41) is 2.97. The normalized spacial score (nSPS) is 11.6. The number of nitrogens with one attached hydrogen (secondary N) is 1. The van der Waals surface area contributed by atoms with Crippen molar-refractivity contribution >= 4 is 11.8 Å². The number of amides is 2. The summed E-state index contributed by atoms with van der Waals surface area (Å²) in [5.74, 6) is -0.135. The van der Waals surface area contributed by atoms with Crippen LogP contribution in [0.4, 0.5) is 0 Å². The van der Waals surface area contributed by atoms with Crippen molar-refractivity contribution in [1.29, 1.82) is 0 Å². The van der Waals surface area contributed by atoms with E-state index in [1.807, 2.05) is 60.7 Å². The molecule has 2 aromatic carbocycles. The third-order valence-electron chi connectivity index (χ3n) is 4.64. The number of unbranched alkanes of at least 4 members (excludes halogenated alkanes) is 2. The molecule has 0 fully saturated rings. The zero-order valence-corrected chi connectivity index (χ0v) is 16.4. The fraction of sp³-hybridized carbons (Fsp3) is 0.391. The number of carbonyl (C=O) groups is 2. The smallest absolute Gasteiger partial charge is 0.242 e. The summed E-state index contributed by atoms with van der Waals surface area (Å²) in [5.41, 5.74) is 1.97. The monoisotopic (exact) mass is 366 g/mol. The van der Waals surface area contributed by atoms with Crippen molar-refractivity contribution in [1.82, 2.24) is 10.2 Å². The largest absolute Gasteiger partial charge is 0.354 e. The molecule has 0 aromatic heterocycles.